The van der Waals surface area contributed by atoms with Crippen LogP contribution in [0.2, 0.25) is 0 Å². The highest BCUT2D eigenvalue weighted by atomic mass is 79.9. The van der Waals surface area contributed by atoms with E-state index in [2.05, 4.69) is 29.8 Å². The standard InChI is InChI=1S/C15H16BrFS/c1-10(2)3-4-11-5-6-12(13(17)9-11)14-7-8-15(16)18-14/h5-10H,3-4H2,1-2H3. The number of hydrogen-bond donors (Lipinski definition) is 0. The van der Waals surface area contributed by atoms with Gasteiger partial charge >= 0.3 is 0 Å². The summed E-state index contributed by atoms with van der Waals surface area (Å²) in [5.41, 5.74) is 1.78. The second-order valence-corrected chi connectivity index (χ2v) is 7.31. The third kappa shape index (κ3) is 3.42. The molecule has 18 heavy (non-hydrogen) atoms. The maximum atomic E-state index is 14.1. The molecule has 2 aromatic rings. The van der Waals surface area contributed by atoms with Crippen molar-refractivity contribution in [3.63, 3.8) is 0 Å². The Morgan fingerprint density at radius 3 is 2.56 bits per heavy atom. The largest absolute Gasteiger partial charge is 0.206 e. The average Bonchev–Trinajstić information content (AvgIpc) is 2.73. The molecule has 1 heterocycles. The molecule has 0 atom stereocenters. The number of thiophene rings is 1. The number of halogens is 2. The second-order valence-electron chi connectivity index (χ2n) is 4.85. The molecule has 1 aromatic carbocycles. The molecule has 0 aliphatic rings. The van der Waals surface area contributed by atoms with Gasteiger partial charge in [-0.05, 0) is 58.5 Å². The minimum atomic E-state index is -0.120. The van der Waals surface area contributed by atoms with Gasteiger partial charge in [0.25, 0.3) is 0 Å². The second kappa shape index (κ2) is 5.98. The average molecular weight is 327 g/mol. The Balaban J connectivity index is 2.20. The zero-order valence-corrected chi connectivity index (χ0v) is 12.9. The van der Waals surface area contributed by atoms with Crippen molar-refractivity contribution in [2.75, 3.05) is 0 Å². The molecule has 0 N–H and O–H groups in total. The Hall–Kier alpha value is -0.670. The third-order valence-electron chi connectivity index (χ3n) is 2.88. The molecule has 0 radical (unpaired) electrons. The van der Waals surface area contributed by atoms with Crippen LogP contribution in [0.15, 0.2) is 34.1 Å². The van der Waals surface area contributed by atoms with Gasteiger partial charge < -0.3 is 0 Å². The fourth-order valence-corrected chi connectivity index (χ4v) is 3.24. The summed E-state index contributed by atoms with van der Waals surface area (Å²) in [4.78, 5) is 0.967. The molecule has 0 saturated carbocycles. The van der Waals surface area contributed by atoms with Gasteiger partial charge in [-0.25, -0.2) is 4.39 Å². The van der Waals surface area contributed by atoms with Gasteiger partial charge in [0.05, 0.1) is 3.79 Å². The van der Waals surface area contributed by atoms with Crippen molar-refractivity contribution in [3.8, 4) is 10.4 Å². The number of benzene rings is 1. The predicted octanol–water partition coefficient (Wildman–Crippen LogP) is 5.91. The van der Waals surface area contributed by atoms with Gasteiger partial charge in [-0.15, -0.1) is 11.3 Å². The van der Waals surface area contributed by atoms with Crippen LogP contribution < -0.4 is 0 Å². The van der Waals surface area contributed by atoms with E-state index in [0.717, 1.165) is 27.1 Å². The fourth-order valence-electron chi connectivity index (χ4n) is 1.83. The lowest BCUT2D eigenvalue weighted by molar-refractivity contribution is 0.582. The Labute approximate surface area is 120 Å². The monoisotopic (exact) mass is 326 g/mol. The van der Waals surface area contributed by atoms with E-state index in [-0.39, 0.29) is 5.82 Å². The van der Waals surface area contributed by atoms with Crippen LogP contribution in [0.1, 0.15) is 25.8 Å². The van der Waals surface area contributed by atoms with Crippen molar-refractivity contribution in [2.45, 2.75) is 26.7 Å². The van der Waals surface area contributed by atoms with Crippen LogP contribution >= 0.6 is 27.3 Å². The molecule has 0 bridgehead atoms. The van der Waals surface area contributed by atoms with Gasteiger partial charge in [0, 0.05) is 10.4 Å². The molecule has 0 aliphatic carbocycles. The first-order valence-corrected chi connectivity index (χ1v) is 7.71. The summed E-state index contributed by atoms with van der Waals surface area (Å²) in [6.45, 7) is 4.38. The molecule has 0 spiro atoms. The molecule has 3 heteroatoms. The van der Waals surface area contributed by atoms with E-state index >= 15 is 0 Å². The van der Waals surface area contributed by atoms with E-state index in [9.17, 15) is 4.39 Å². The smallest absolute Gasteiger partial charge is 0.132 e. The molecular formula is C15H16BrFS. The Morgan fingerprint density at radius 1 is 1.22 bits per heavy atom. The molecule has 0 saturated heterocycles. The first-order chi connectivity index (χ1) is 8.56. The van der Waals surface area contributed by atoms with Gasteiger partial charge in [-0.1, -0.05) is 26.0 Å². The number of rotatable bonds is 4. The lowest BCUT2D eigenvalue weighted by Gasteiger charge is -2.07. The molecule has 0 fully saturated rings. The quantitative estimate of drug-likeness (QED) is 0.655. The van der Waals surface area contributed by atoms with Gasteiger partial charge in [0.2, 0.25) is 0 Å². The van der Waals surface area contributed by atoms with Crippen LogP contribution in [-0.2, 0) is 6.42 Å². The van der Waals surface area contributed by atoms with E-state index < -0.39 is 0 Å². The highest BCUT2D eigenvalue weighted by molar-refractivity contribution is 9.11. The lowest BCUT2D eigenvalue weighted by Crippen LogP contribution is -1.93. The van der Waals surface area contributed by atoms with Crippen molar-refractivity contribution in [3.05, 3.63) is 45.5 Å². The molecule has 0 nitrogen and oxygen atoms in total. The first kappa shape index (κ1) is 13.8. The third-order valence-corrected chi connectivity index (χ3v) is 4.54. The topological polar surface area (TPSA) is 0 Å². The van der Waals surface area contributed by atoms with E-state index in [1.54, 1.807) is 17.4 Å². The zero-order valence-electron chi connectivity index (χ0n) is 10.5. The first-order valence-electron chi connectivity index (χ1n) is 6.10. The van der Waals surface area contributed by atoms with E-state index in [1.807, 2.05) is 24.3 Å². The SMILES string of the molecule is CC(C)CCc1ccc(-c2ccc(Br)s2)c(F)c1. The Morgan fingerprint density at radius 2 is 2.00 bits per heavy atom. The summed E-state index contributed by atoms with van der Waals surface area (Å²) >= 11 is 4.96. The summed E-state index contributed by atoms with van der Waals surface area (Å²) in [5.74, 6) is 0.534. The van der Waals surface area contributed by atoms with Crippen LogP contribution in [0.3, 0.4) is 0 Å². The van der Waals surface area contributed by atoms with E-state index in [4.69, 9.17) is 0 Å². The molecule has 0 aliphatic heterocycles. The van der Waals surface area contributed by atoms with Crippen molar-refractivity contribution in [1.29, 1.82) is 0 Å². The van der Waals surface area contributed by atoms with Crippen LogP contribution in [-0.4, -0.2) is 0 Å². The Bertz CT molecular complexity index is 531. The normalized spacial score (nSPS) is 11.2. The van der Waals surface area contributed by atoms with Crippen LogP contribution in [0.4, 0.5) is 4.39 Å². The van der Waals surface area contributed by atoms with E-state index in [0.29, 0.717) is 11.5 Å². The molecule has 1 aromatic heterocycles. The zero-order chi connectivity index (χ0) is 13.1. The maximum absolute atomic E-state index is 14.1. The number of aryl methyl sites for hydroxylation is 1. The minimum absolute atomic E-state index is 0.120. The van der Waals surface area contributed by atoms with Crippen molar-refractivity contribution < 1.29 is 4.39 Å². The van der Waals surface area contributed by atoms with Crippen molar-refractivity contribution in [1.82, 2.24) is 0 Å². The minimum Gasteiger partial charge on any atom is -0.206 e. The number of hydrogen-bond acceptors (Lipinski definition) is 1. The van der Waals surface area contributed by atoms with Gasteiger partial charge in [0.1, 0.15) is 5.82 Å². The molecule has 2 rings (SSSR count). The molecule has 0 unspecified atom stereocenters. The summed E-state index contributed by atoms with van der Waals surface area (Å²) < 4.78 is 15.1. The van der Waals surface area contributed by atoms with Crippen LogP contribution in [0, 0.1) is 11.7 Å². The van der Waals surface area contributed by atoms with E-state index in [1.165, 1.54) is 0 Å². The van der Waals surface area contributed by atoms with Crippen molar-refractivity contribution >= 4 is 27.3 Å². The van der Waals surface area contributed by atoms with Gasteiger partial charge in [-0.2, -0.15) is 0 Å². The van der Waals surface area contributed by atoms with Gasteiger partial charge in [0.15, 0.2) is 0 Å². The predicted molar refractivity (Wildman–Crippen MR) is 80.6 cm³/mol. The Kier molecular flexibility index (Phi) is 4.57. The van der Waals surface area contributed by atoms with Crippen molar-refractivity contribution in [2.24, 2.45) is 5.92 Å². The maximum Gasteiger partial charge on any atom is 0.132 e. The highest BCUT2D eigenvalue weighted by Gasteiger charge is 2.08. The molecule has 96 valence electrons. The van der Waals surface area contributed by atoms with Gasteiger partial charge in [-0.3, -0.25) is 0 Å². The highest BCUT2D eigenvalue weighted by Crippen LogP contribution is 2.33. The molecular weight excluding hydrogens is 311 g/mol. The summed E-state index contributed by atoms with van der Waals surface area (Å²) in [5, 5.41) is 0. The van der Waals surface area contributed by atoms with Crippen LogP contribution in [0.5, 0.6) is 0 Å². The summed E-state index contributed by atoms with van der Waals surface area (Å²) in [7, 11) is 0. The summed E-state index contributed by atoms with van der Waals surface area (Å²) in [6, 6.07) is 9.50. The molecule has 0 amide bonds. The summed E-state index contributed by atoms with van der Waals surface area (Å²) in [6.07, 6.45) is 2.05. The fraction of sp³-hybridized carbons (Fsp3) is 0.333. The lowest BCUT2D eigenvalue weighted by atomic mass is 10.0. The van der Waals surface area contributed by atoms with Crippen LogP contribution in [0.25, 0.3) is 10.4 Å².